The van der Waals surface area contributed by atoms with Crippen molar-refractivity contribution in [3.05, 3.63) is 0 Å². The lowest BCUT2D eigenvalue weighted by Gasteiger charge is -2.67. The normalized spacial score (nSPS) is 59.1. The van der Waals surface area contributed by atoms with Crippen LogP contribution in [-0.2, 0) is 0 Å². The average molecular weight is 359 g/mol. The lowest BCUT2D eigenvalue weighted by Crippen LogP contribution is -2.60. The Balaban J connectivity index is 1.47. The number of rotatable bonds is 1. The molecule has 5 fully saturated rings. The number of hydrogen-bond acceptors (Lipinski definition) is 1. The van der Waals surface area contributed by atoms with E-state index in [4.69, 9.17) is 0 Å². The van der Waals surface area contributed by atoms with Crippen LogP contribution in [0.1, 0.15) is 97.8 Å². The minimum Gasteiger partial charge on any atom is -0.396 e. The second-order valence-electron chi connectivity index (χ2n) is 12.0. The average Bonchev–Trinajstić information content (AvgIpc) is 3.06. The number of aliphatic hydroxyl groups is 1. The number of hydrogen-bond donors (Lipinski definition) is 1. The highest BCUT2D eigenvalue weighted by atomic mass is 16.3. The van der Waals surface area contributed by atoms with E-state index in [0.717, 1.165) is 35.5 Å². The van der Waals surface area contributed by atoms with E-state index in [9.17, 15) is 5.11 Å². The van der Waals surface area contributed by atoms with Gasteiger partial charge in [0.05, 0.1) is 0 Å². The summed E-state index contributed by atoms with van der Waals surface area (Å²) < 4.78 is 0. The molecule has 5 aliphatic carbocycles. The van der Waals surface area contributed by atoms with Gasteiger partial charge in [-0.1, -0.05) is 40.0 Å². The van der Waals surface area contributed by atoms with E-state index in [1.807, 2.05) is 0 Å². The zero-order chi connectivity index (χ0) is 18.2. The van der Waals surface area contributed by atoms with Crippen molar-refractivity contribution in [2.75, 3.05) is 6.61 Å². The molecular formula is C25H42O. The van der Waals surface area contributed by atoms with Gasteiger partial charge < -0.3 is 5.11 Å². The zero-order valence-corrected chi connectivity index (χ0v) is 17.6. The van der Waals surface area contributed by atoms with Crippen molar-refractivity contribution < 1.29 is 5.11 Å². The van der Waals surface area contributed by atoms with Gasteiger partial charge >= 0.3 is 0 Å². The highest BCUT2D eigenvalue weighted by molar-refractivity contribution is 5.12. The maximum atomic E-state index is 10.3. The van der Waals surface area contributed by atoms with Crippen molar-refractivity contribution in [2.45, 2.75) is 97.8 Å². The van der Waals surface area contributed by atoms with Crippen LogP contribution in [0.3, 0.4) is 0 Å². The molecule has 0 aromatic heterocycles. The molecule has 0 bridgehead atoms. The van der Waals surface area contributed by atoms with E-state index < -0.39 is 0 Å². The maximum absolute atomic E-state index is 10.3. The summed E-state index contributed by atoms with van der Waals surface area (Å²) >= 11 is 0. The predicted molar refractivity (Wildman–Crippen MR) is 108 cm³/mol. The number of aliphatic hydroxyl groups excluding tert-OH is 1. The molecule has 0 radical (unpaired) electrons. The van der Waals surface area contributed by atoms with Crippen molar-refractivity contribution in [3.8, 4) is 0 Å². The largest absolute Gasteiger partial charge is 0.396 e. The first-order valence-electron chi connectivity index (χ1n) is 12.1. The van der Waals surface area contributed by atoms with Crippen LogP contribution < -0.4 is 0 Å². The summed E-state index contributed by atoms with van der Waals surface area (Å²) in [5, 5.41) is 10.3. The first-order chi connectivity index (χ1) is 12.4. The van der Waals surface area contributed by atoms with Crippen LogP contribution in [0.4, 0.5) is 0 Å². The Morgan fingerprint density at radius 3 is 2.27 bits per heavy atom. The van der Waals surface area contributed by atoms with E-state index in [1.165, 1.54) is 77.0 Å². The van der Waals surface area contributed by atoms with Crippen LogP contribution in [0.2, 0.25) is 0 Å². The highest BCUT2D eigenvalue weighted by Crippen LogP contribution is 2.71. The minimum atomic E-state index is 0.324. The smallest absolute Gasteiger partial charge is 0.0490 e. The van der Waals surface area contributed by atoms with Gasteiger partial charge in [0.15, 0.2) is 0 Å². The van der Waals surface area contributed by atoms with Gasteiger partial charge in [0, 0.05) is 6.61 Å². The fourth-order valence-corrected chi connectivity index (χ4v) is 10.3. The Kier molecular flexibility index (Phi) is 4.14. The van der Waals surface area contributed by atoms with Crippen LogP contribution in [0.15, 0.2) is 0 Å². The van der Waals surface area contributed by atoms with Crippen LogP contribution in [-0.4, -0.2) is 11.7 Å². The topological polar surface area (TPSA) is 20.2 Å². The summed E-state index contributed by atoms with van der Waals surface area (Å²) in [5.74, 6) is 5.66. The molecule has 5 rings (SSSR count). The van der Waals surface area contributed by atoms with Crippen molar-refractivity contribution in [2.24, 2.45) is 51.8 Å². The van der Waals surface area contributed by atoms with Crippen LogP contribution in [0.5, 0.6) is 0 Å². The molecule has 0 aromatic carbocycles. The summed E-state index contributed by atoms with van der Waals surface area (Å²) in [6, 6.07) is 0. The SMILES string of the molecule is CC1CCCC2(C)C1CCC1(C)C3CCC4(CO)CCCC4C3CCC21. The maximum Gasteiger partial charge on any atom is 0.0490 e. The quantitative estimate of drug-likeness (QED) is 0.571. The van der Waals surface area contributed by atoms with Crippen molar-refractivity contribution in [1.29, 1.82) is 0 Å². The molecule has 5 saturated carbocycles. The minimum absolute atomic E-state index is 0.324. The van der Waals surface area contributed by atoms with Gasteiger partial charge in [0.25, 0.3) is 0 Å². The van der Waals surface area contributed by atoms with Crippen LogP contribution in [0, 0.1) is 51.8 Å². The summed E-state index contributed by atoms with van der Waals surface area (Å²) in [7, 11) is 0. The summed E-state index contributed by atoms with van der Waals surface area (Å²) in [6.45, 7) is 8.48. The predicted octanol–water partition coefficient (Wildman–Crippen LogP) is 6.44. The van der Waals surface area contributed by atoms with E-state index in [0.29, 0.717) is 22.9 Å². The third-order valence-electron chi connectivity index (χ3n) is 11.4. The Bertz CT molecular complexity index is 556. The fourth-order valence-electron chi connectivity index (χ4n) is 10.3. The van der Waals surface area contributed by atoms with Crippen LogP contribution >= 0.6 is 0 Å². The third kappa shape index (κ3) is 2.19. The van der Waals surface area contributed by atoms with E-state index >= 15 is 0 Å². The van der Waals surface area contributed by atoms with Crippen molar-refractivity contribution >= 4 is 0 Å². The van der Waals surface area contributed by atoms with Gasteiger partial charge in [-0.3, -0.25) is 0 Å². The van der Waals surface area contributed by atoms with Crippen molar-refractivity contribution in [3.63, 3.8) is 0 Å². The Morgan fingerprint density at radius 2 is 1.46 bits per heavy atom. The summed E-state index contributed by atoms with van der Waals surface area (Å²) in [6.07, 6.45) is 17.3. The van der Waals surface area contributed by atoms with E-state index in [2.05, 4.69) is 20.8 Å². The molecule has 1 heteroatoms. The first-order valence-corrected chi connectivity index (χ1v) is 12.1. The molecular weight excluding hydrogens is 316 g/mol. The molecule has 9 atom stereocenters. The summed E-state index contributed by atoms with van der Waals surface area (Å²) in [5.41, 5.74) is 1.54. The zero-order valence-electron chi connectivity index (χ0n) is 17.6. The molecule has 0 spiro atoms. The molecule has 0 heterocycles. The first kappa shape index (κ1) is 18.0. The monoisotopic (exact) mass is 358 g/mol. The fraction of sp³-hybridized carbons (Fsp3) is 1.00. The summed E-state index contributed by atoms with van der Waals surface area (Å²) in [4.78, 5) is 0. The molecule has 9 unspecified atom stereocenters. The Morgan fingerprint density at radius 1 is 0.731 bits per heavy atom. The lowest BCUT2D eigenvalue weighted by molar-refractivity contribution is -0.185. The second kappa shape index (κ2) is 5.98. The highest BCUT2D eigenvalue weighted by Gasteiger charge is 2.63. The molecule has 0 saturated heterocycles. The Hall–Kier alpha value is -0.0400. The lowest BCUT2D eigenvalue weighted by atomic mass is 9.38. The molecule has 148 valence electrons. The van der Waals surface area contributed by atoms with Gasteiger partial charge in [-0.2, -0.15) is 0 Å². The molecule has 5 aliphatic rings. The molecule has 0 aromatic rings. The van der Waals surface area contributed by atoms with E-state index in [1.54, 1.807) is 0 Å². The van der Waals surface area contributed by atoms with Gasteiger partial charge in [-0.05, 0) is 110 Å². The molecule has 26 heavy (non-hydrogen) atoms. The third-order valence-corrected chi connectivity index (χ3v) is 11.4. The van der Waals surface area contributed by atoms with Gasteiger partial charge in [-0.15, -0.1) is 0 Å². The van der Waals surface area contributed by atoms with Crippen molar-refractivity contribution in [1.82, 2.24) is 0 Å². The van der Waals surface area contributed by atoms with E-state index in [-0.39, 0.29) is 0 Å². The second-order valence-corrected chi connectivity index (χ2v) is 12.0. The molecule has 1 N–H and O–H groups in total. The van der Waals surface area contributed by atoms with Gasteiger partial charge in [0.1, 0.15) is 0 Å². The number of fused-ring (bicyclic) bond motifs is 7. The van der Waals surface area contributed by atoms with Crippen LogP contribution in [0.25, 0.3) is 0 Å². The molecule has 1 nitrogen and oxygen atoms in total. The molecule has 0 aliphatic heterocycles. The van der Waals surface area contributed by atoms with Gasteiger partial charge in [0.2, 0.25) is 0 Å². The Labute approximate surface area is 161 Å². The standard InChI is InChI=1S/C25H42O/c1-17-6-4-12-23(2)19(17)10-14-24(3)20-11-15-25(16-26)13-5-7-21(25)18(20)8-9-22(23)24/h17-22,26H,4-16H2,1-3H3. The van der Waals surface area contributed by atoms with Gasteiger partial charge in [-0.25, -0.2) is 0 Å². The molecule has 0 amide bonds.